The number of anilines is 2. The highest BCUT2D eigenvalue weighted by atomic mass is 16.6. The monoisotopic (exact) mass is 464 g/mol. The molecule has 3 aromatic heterocycles. The first-order valence-electron chi connectivity index (χ1n) is 11.2. The lowest BCUT2D eigenvalue weighted by Crippen LogP contribution is -2.68. The van der Waals surface area contributed by atoms with Crippen LogP contribution in [-0.4, -0.2) is 56.0 Å². The van der Waals surface area contributed by atoms with Gasteiger partial charge in [-0.2, -0.15) is 10.4 Å². The number of nitrogens with zero attached hydrogens (tertiary/aromatic N) is 5. The van der Waals surface area contributed by atoms with E-state index in [9.17, 15) is 10.1 Å². The minimum absolute atomic E-state index is 0.00494. The molecule has 3 N–H and O–H groups in total. The van der Waals surface area contributed by atoms with E-state index in [1.54, 1.807) is 17.7 Å². The Hall–Kier alpha value is -3.69. The Labute approximate surface area is 194 Å². The molecule has 0 spiro atoms. The van der Waals surface area contributed by atoms with Crippen molar-refractivity contribution in [3.05, 3.63) is 35.4 Å². The Bertz CT molecular complexity index is 1280. The van der Waals surface area contributed by atoms with Crippen molar-refractivity contribution in [1.82, 2.24) is 29.9 Å². The molecule has 0 radical (unpaired) electrons. The Morgan fingerprint density at radius 2 is 2.29 bits per heavy atom. The number of alkyl carbamates (subject to hydrolysis) is 1. The van der Waals surface area contributed by atoms with Gasteiger partial charge in [0.15, 0.2) is 11.5 Å². The van der Waals surface area contributed by atoms with Crippen LogP contribution in [0.1, 0.15) is 48.7 Å². The van der Waals surface area contributed by atoms with E-state index in [0.717, 1.165) is 30.9 Å². The molecule has 12 nitrogen and oxygen atoms in total. The number of methoxy groups -OCH3 is 1. The predicted octanol–water partition coefficient (Wildman–Crippen LogP) is 2.32. The fraction of sp³-hybridized carbons (Fsp3) is 0.500. The summed E-state index contributed by atoms with van der Waals surface area (Å²) in [5.41, 5.74) is 2.29. The fourth-order valence-corrected chi connectivity index (χ4v) is 5.02. The van der Waals surface area contributed by atoms with Crippen molar-refractivity contribution < 1.29 is 19.0 Å². The number of aromatic nitrogens is 5. The molecule has 2 unspecified atom stereocenters. The second kappa shape index (κ2) is 7.96. The summed E-state index contributed by atoms with van der Waals surface area (Å²) in [6.45, 7) is 0.658. The number of hydrogen-bond acceptors (Lipinski definition) is 9. The van der Waals surface area contributed by atoms with Crippen molar-refractivity contribution in [2.45, 2.75) is 50.0 Å². The smallest absolute Gasteiger partial charge is 0.407 e. The molecule has 34 heavy (non-hydrogen) atoms. The Morgan fingerprint density at radius 1 is 1.44 bits per heavy atom. The van der Waals surface area contributed by atoms with Gasteiger partial charge in [-0.05, 0) is 25.2 Å². The molecule has 3 aliphatic carbocycles. The molecule has 3 saturated carbocycles. The highest BCUT2D eigenvalue weighted by Gasteiger charge is 2.57. The van der Waals surface area contributed by atoms with Gasteiger partial charge in [0.1, 0.15) is 23.8 Å². The standard InChI is InChI=1S/C22H24N8O4/c1-32-10-14-9-30-19(25-14)13(7-23)8-24-20(30)26-18-3-16(28-29-18)17-2-15(11-33-17)34-21(31)27-22-4-12(5-22)6-22/h3,8-9,12,15,17H,2,4-6,10-11H2,1H3,(H,27,31)(H2,24,26,28,29). The zero-order chi connectivity index (χ0) is 23.3. The van der Waals surface area contributed by atoms with E-state index in [1.807, 2.05) is 6.07 Å². The van der Waals surface area contributed by atoms with E-state index in [-0.39, 0.29) is 23.8 Å². The maximum Gasteiger partial charge on any atom is 0.407 e. The highest BCUT2D eigenvalue weighted by molar-refractivity contribution is 5.69. The maximum absolute atomic E-state index is 12.2. The summed E-state index contributed by atoms with van der Waals surface area (Å²) in [7, 11) is 1.58. The van der Waals surface area contributed by atoms with E-state index in [2.05, 4.69) is 36.9 Å². The quantitative estimate of drug-likeness (QED) is 0.478. The molecular formula is C22H24N8O4. The first-order valence-corrected chi connectivity index (χ1v) is 11.2. The molecule has 7 rings (SSSR count). The predicted molar refractivity (Wildman–Crippen MR) is 117 cm³/mol. The molecule has 1 aliphatic heterocycles. The molecule has 12 heteroatoms. The van der Waals surface area contributed by atoms with Gasteiger partial charge in [0.05, 0.1) is 30.8 Å². The second-order valence-corrected chi connectivity index (χ2v) is 9.27. The Balaban J connectivity index is 1.11. The number of H-pyrrole nitrogens is 1. The molecule has 1 amide bonds. The summed E-state index contributed by atoms with van der Waals surface area (Å²) in [6, 6.07) is 3.93. The van der Waals surface area contributed by atoms with Crippen LogP contribution in [-0.2, 0) is 20.8 Å². The average molecular weight is 464 g/mol. The zero-order valence-corrected chi connectivity index (χ0v) is 18.6. The van der Waals surface area contributed by atoms with Crippen LogP contribution in [0.15, 0.2) is 18.5 Å². The van der Waals surface area contributed by atoms with E-state index in [4.69, 9.17) is 14.2 Å². The van der Waals surface area contributed by atoms with Crippen molar-refractivity contribution in [2.24, 2.45) is 5.92 Å². The van der Waals surface area contributed by atoms with Crippen molar-refractivity contribution in [2.75, 3.05) is 19.0 Å². The van der Waals surface area contributed by atoms with Crippen LogP contribution in [0.3, 0.4) is 0 Å². The molecule has 176 valence electrons. The minimum Gasteiger partial charge on any atom is -0.444 e. The van der Waals surface area contributed by atoms with Crippen molar-refractivity contribution >= 4 is 23.5 Å². The van der Waals surface area contributed by atoms with Crippen LogP contribution < -0.4 is 10.6 Å². The number of carbonyl (C=O) groups excluding carboxylic acids is 1. The summed E-state index contributed by atoms with van der Waals surface area (Å²) in [5, 5.41) is 22.8. The van der Waals surface area contributed by atoms with Crippen LogP contribution in [0.25, 0.3) is 5.65 Å². The number of carbonyl (C=O) groups is 1. The summed E-state index contributed by atoms with van der Waals surface area (Å²) < 4.78 is 18.3. The van der Waals surface area contributed by atoms with Gasteiger partial charge in [-0.25, -0.2) is 14.8 Å². The SMILES string of the molecule is COCc1cn2c(Nc3cc(C4CC(OC(=O)NC56CC(C5)C6)CO4)[nH]n3)ncc(C#N)c2n1. The van der Waals surface area contributed by atoms with Gasteiger partial charge in [0, 0.05) is 31.3 Å². The van der Waals surface area contributed by atoms with Gasteiger partial charge in [-0.3, -0.25) is 9.50 Å². The van der Waals surface area contributed by atoms with Gasteiger partial charge in [-0.15, -0.1) is 0 Å². The number of aromatic amines is 1. The summed E-state index contributed by atoms with van der Waals surface area (Å²) in [4.78, 5) is 21.0. The molecule has 1 saturated heterocycles. The van der Waals surface area contributed by atoms with Gasteiger partial charge >= 0.3 is 6.09 Å². The summed E-state index contributed by atoms with van der Waals surface area (Å²) in [5.74, 6) is 1.78. The lowest BCUT2D eigenvalue weighted by molar-refractivity contribution is -0.0510. The normalized spacial score (nSPS) is 27.0. The summed E-state index contributed by atoms with van der Waals surface area (Å²) in [6.07, 6.45) is 6.08. The van der Waals surface area contributed by atoms with Crippen LogP contribution in [0.5, 0.6) is 0 Å². The molecule has 0 aromatic carbocycles. The van der Waals surface area contributed by atoms with Crippen molar-refractivity contribution in [3.63, 3.8) is 0 Å². The minimum atomic E-state index is -0.358. The Kier molecular flexibility index (Phi) is 4.89. The number of ether oxygens (including phenoxy) is 3. The van der Waals surface area contributed by atoms with Crippen molar-refractivity contribution in [3.8, 4) is 6.07 Å². The van der Waals surface area contributed by atoms with E-state index < -0.39 is 0 Å². The number of nitriles is 1. The van der Waals surface area contributed by atoms with Crippen molar-refractivity contribution in [1.29, 1.82) is 5.26 Å². The number of hydrogen-bond donors (Lipinski definition) is 3. The van der Waals surface area contributed by atoms with Gasteiger partial charge in [-0.1, -0.05) is 0 Å². The van der Waals surface area contributed by atoms with Gasteiger partial charge < -0.3 is 24.8 Å². The third kappa shape index (κ3) is 3.63. The molecule has 3 aromatic rings. The van der Waals surface area contributed by atoms with Crippen LogP contribution >= 0.6 is 0 Å². The first kappa shape index (κ1) is 20.9. The largest absolute Gasteiger partial charge is 0.444 e. The summed E-state index contributed by atoms with van der Waals surface area (Å²) >= 11 is 0. The third-order valence-electron chi connectivity index (χ3n) is 6.78. The zero-order valence-electron chi connectivity index (χ0n) is 18.6. The lowest BCUT2D eigenvalue weighted by atomic mass is 9.50. The Morgan fingerprint density at radius 3 is 3.03 bits per heavy atom. The first-order chi connectivity index (χ1) is 16.5. The number of nitrogens with one attached hydrogen (secondary N) is 3. The highest BCUT2D eigenvalue weighted by Crippen LogP contribution is 2.56. The molecule has 2 bridgehead atoms. The lowest BCUT2D eigenvalue weighted by Gasteiger charge is -2.61. The van der Waals surface area contributed by atoms with E-state index >= 15 is 0 Å². The molecule has 4 heterocycles. The average Bonchev–Trinajstić information content (AvgIpc) is 3.50. The molecule has 4 fully saturated rings. The number of rotatable bonds is 7. The van der Waals surface area contributed by atoms with Gasteiger partial charge in [0.25, 0.3) is 0 Å². The topological polar surface area (TPSA) is 151 Å². The number of imidazole rings is 1. The third-order valence-corrected chi connectivity index (χ3v) is 6.78. The van der Waals surface area contributed by atoms with Crippen LogP contribution in [0, 0.1) is 17.2 Å². The maximum atomic E-state index is 12.2. The van der Waals surface area contributed by atoms with Gasteiger partial charge in [0.2, 0.25) is 5.95 Å². The molecule has 4 aliphatic rings. The van der Waals surface area contributed by atoms with Crippen LogP contribution in [0.4, 0.5) is 16.6 Å². The second-order valence-electron chi connectivity index (χ2n) is 9.27. The molecule has 2 atom stereocenters. The number of amides is 1. The fourth-order valence-electron chi connectivity index (χ4n) is 5.02. The molecular weight excluding hydrogens is 440 g/mol. The van der Waals surface area contributed by atoms with E-state index in [0.29, 0.717) is 48.3 Å². The number of fused-ring (bicyclic) bond motifs is 1. The van der Waals surface area contributed by atoms with E-state index in [1.165, 1.54) is 6.20 Å². The van der Waals surface area contributed by atoms with Crippen LogP contribution in [0.2, 0.25) is 0 Å².